The maximum Gasteiger partial charge on any atom is 0.0302 e. The summed E-state index contributed by atoms with van der Waals surface area (Å²) in [5.41, 5.74) is 1.44. The highest BCUT2D eigenvalue weighted by Gasteiger charge is 2.28. The molecule has 0 unspecified atom stereocenters. The molecule has 86 valence electrons. The number of hydrogen-bond acceptors (Lipinski definition) is 2. The molecule has 0 saturated heterocycles. The molecule has 0 atom stereocenters. The fourth-order valence-corrected chi connectivity index (χ4v) is 2.79. The molecule has 0 radical (unpaired) electrons. The maximum atomic E-state index is 4.22. The van der Waals surface area contributed by atoms with Crippen molar-refractivity contribution in [3.05, 3.63) is 30.1 Å². The van der Waals surface area contributed by atoms with E-state index in [4.69, 9.17) is 0 Å². The summed E-state index contributed by atoms with van der Waals surface area (Å²) in [6.45, 7) is 0. The predicted octanol–water partition coefficient (Wildman–Crippen LogP) is 2.86. The molecular formula is C14H20N2. The number of hydrogen-bond donors (Lipinski definition) is 1. The van der Waals surface area contributed by atoms with Gasteiger partial charge in [-0.15, -0.1) is 0 Å². The van der Waals surface area contributed by atoms with Crippen LogP contribution in [-0.4, -0.2) is 17.1 Å². The third-order valence-electron chi connectivity index (χ3n) is 3.93. The van der Waals surface area contributed by atoms with Crippen molar-refractivity contribution in [1.29, 1.82) is 0 Å². The van der Waals surface area contributed by atoms with Crippen LogP contribution in [-0.2, 0) is 0 Å². The smallest absolute Gasteiger partial charge is 0.0302 e. The molecule has 1 heterocycles. The highest BCUT2D eigenvalue weighted by Crippen LogP contribution is 2.33. The second kappa shape index (κ2) is 4.54. The Bertz CT molecular complexity index is 324. The Kier molecular flexibility index (Phi) is 2.92. The van der Waals surface area contributed by atoms with Gasteiger partial charge in [0.05, 0.1) is 0 Å². The molecule has 16 heavy (non-hydrogen) atoms. The van der Waals surface area contributed by atoms with Crippen LogP contribution in [0.5, 0.6) is 0 Å². The minimum absolute atomic E-state index is 0.756. The Balaban J connectivity index is 1.53. The Morgan fingerprint density at radius 1 is 1.00 bits per heavy atom. The number of nitrogens with one attached hydrogen (secondary N) is 1. The molecule has 2 fully saturated rings. The Morgan fingerprint density at radius 2 is 1.69 bits per heavy atom. The van der Waals surface area contributed by atoms with Crippen LogP contribution >= 0.6 is 0 Å². The third kappa shape index (κ3) is 2.43. The predicted molar refractivity (Wildman–Crippen MR) is 65.4 cm³/mol. The molecule has 2 heteroatoms. The summed E-state index contributed by atoms with van der Waals surface area (Å²) in [5, 5.41) is 3.75. The lowest BCUT2D eigenvalue weighted by molar-refractivity contribution is 0.340. The van der Waals surface area contributed by atoms with Crippen molar-refractivity contribution < 1.29 is 0 Å². The summed E-state index contributed by atoms with van der Waals surface area (Å²) < 4.78 is 0. The summed E-state index contributed by atoms with van der Waals surface area (Å²) in [5.74, 6) is 0.756. The summed E-state index contributed by atoms with van der Waals surface area (Å²) in [6.07, 6.45) is 12.1. The van der Waals surface area contributed by atoms with E-state index in [2.05, 4.69) is 22.4 Å². The second-order valence-corrected chi connectivity index (χ2v) is 5.28. The standard InChI is InChI=1S/C14H20N2/c1-2-12(10-15-9-1)11-3-5-13(6-4-11)16-14-7-8-14/h1-2,9-11,13-14,16H,3-8H2. The third-order valence-corrected chi connectivity index (χ3v) is 3.93. The van der Waals surface area contributed by atoms with Crippen LogP contribution < -0.4 is 5.32 Å². The molecule has 1 aromatic heterocycles. The van der Waals surface area contributed by atoms with E-state index in [-0.39, 0.29) is 0 Å². The van der Waals surface area contributed by atoms with Gasteiger partial charge in [-0.05, 0) is 56.1 Å². The number of nitrogens with zero attached hydrogens (tertiary/aromatic N) is 1. The molecule has 1 aromatic rings. The number of aromatic nitrogens is 1. The van der Waals surface area contributed by atoms with E-state index < -0.39 is 0 Å². The zero-order valence-corrected chi connectivity index (χ0v) is 9.73. The van der Waals surface area contributed by atoms with Gasteiger partial charge in [-0.25, -0.2) is 0 Å². The van der Waals surface area contributed by atoms with E-state index in [0.29, 0.717) is 0 Å². The molecule has 0 amide bonds. The quantitative estimate of drug-likeness (QED) is 0.840. The lowest BCUT2D eigenvalue weighted by atomic mass is 9.82. The Labute approximate surface area is 97.5 Å². The average Bonchev–Trinajstić information content (AvgIpc) is 3.15. The van der Waals surface area contributed by atoms with Crippen LogP contribution in [0.4, 0.5) is 0 Å². The minimum Gasteiger partial charge on any atom is -0.311 e. The molecular weight excluding hydrogens is 196 g/mol. The van der Waals surface area contributed by atoms with Crippen molar-refractivity contribution in [3.63, 3.8) is 0 Å². The molecule has 2 nitrogen and oxygen atoms in total. The van der Waals surface area contributed by atoms with E-state index >= 15 is 0 Å². The monoisotopic (exact) mass is 216 g/mol. The van der Waals surface area contributed by atoms with Crippen molar-refractivity contribution in [3.8, 4) is 0 Å². The first-order valence-electron chi connectivity index (χ1n) is 6.58. The number of pyridine rings is 1. The zero-order valence-electron chi connectivity index (χ0n) is 9.73. The zero-order chi connectivity index (χ0) is 10.8. The van der Waals surface area contributed by atoms with Crippen molar-refractivity contribution >= 4 is 0 Å². The van der Waals surface area contributed by atoms with Gasteiger partial charge in [0.2, 0.25) is 0 Å². The highest BCUT2D eigenvalue weighted by molar-refractivity contribution is 5.15. The molecule has 2 aliphatic rings. The van der Waals surface area contributed by atoms with Gasteiger partial charge in [0.15, 0.2) is 0 Å². The maximum absolute atomic E-state index is 4.22. The minimum atomic E-state index is 0.756. The Hall–Kier alpha value is -0.890. The van der Waals surface area contributed by atoms with Crippen molar-refractivity contribution in [2.45, 2.75) is 56.5 Å². The number of rotatable bonds is 3. The highest BCUT2D eigenvalue weighted by atomic mass is 15.0. The molecule has 2 saturated carbocycles. The van der Waals surface area contributed by atoms with Gasteiger partial charge >= 0.3 is 0 Å². The van der Waals surface area contributed by atoms with E-state index in [0.717, 1.165) is 18.0 Å². The van der Waals surface area contributed by atoms with Gasteiger partial charge in [-0.2, -0.15) is 0 Å². The van der Waals surface area contributed by atoms with E-state index in [1.165, 1.54) is 44.1 Å². The topological polar surface area (TPSA) is 24.9 Å². The fourth-order valence-electron chi connectivity index (χ4n) is 2.79. The van der Waals surface area contributed by atoms with Crippen LogP contribution in [0.2, 0.25) is 0 Å². The lowest BCUT2D eigenvalue weighted by Gasteiger charge is -2.29. The Morgan fingerprint density at radius 3 is 2.25 bits per heavy atom. The molecule has 0 aromatic carbocycles. The molecule has 2 aliphatic carbocycles. The lowest BCUT2D eigenvalue weighted by Crippen LogP contribution is -2.34. The normalized spacial score (nSPS) is 30.2. The van der Waals surface area contributed by atoms with Crippen LogP contribution in [0.3, 0.4) is 0 Å². The first-order valence-corrected chi connectivity index (χ1v) is 6.58. The SMILES string of the molecule is c1cncc(C2CCC(NC3CC3)CC2)c1. The van der Waals surface area contributed by atoms with Crippen molar-refractivity contribution in [2.24, 2.45) is 0 Å². The molecule has 0 spiro atoms. The summed E-state index contributed by atoms with van der Waals surface area (Å²) in [6, 6.07) is 5.94. The molecule has 0 aliphatic heterocycles. The van der Waals surface area contributed by atoms with Crippen molar-refractivity contribution in [2.75, 3.05) is 0 Å². The average molecular weight is 216 g/mol. The van der Waals surface area contributed by atoms with E-state index in [1.807, 2.05) is 12.4 Å². The van der Waals surface area contributed by atoms with Gasteiger partial charge in [0, 0.05) is 24.5 Å². The van der Waals surface area contributed by atoms with Gasteiger partial charge in [0.1, 0.15) is 0 Å². The summed E-state index contributed by atoms with van der Waals surface area (Å²) in [7, 11) is 0. The van der Waals surface area contributed by atoms with E-state index in [1.54, 1.807) is 0 Å². The van der Waals surface area contributed by atoms with Gasteiger partial charge < -0.3 is 5.32 Å². The largest absolute Gasteiger partial charge is 0.311 e. The molecule has 1 N–H and O–H groups in total. The molecule has 3 rings (SSSR count). The van der Waals surface area contributed by atoms with Gasteiger partial charge in [-0.1, -0.05) is 6.07 Å². The van der Waals surface area contributed by atoms with Crippen molar-refractivity contribution in [1.82, 2.24) is 10.3 Å². The molecule has 0 bridgehead atoms. The van der Waals surface area contributed by atoms with E-state index in [9.17, 15) is 0 Å². The second-order valence-electron chi connectivity index (χ2n) is 5.28. The van der Waals surface area contributed by atoms with Crippen LogP contribution in [0.25, 0.3) is 0 Å². The van der Waals surface area contributed by atoms with Gasteiger partial charge in [-0.3, -0.25) is 4.98 Å². The summed E-state index contributed by atoms with van der Waals surface area (Å²) >= 11 is 0. The van der Waals surface area contributed by atoms with Crippen LogP contribution in [0.15, 0.2) is 24.5 Å². The van der Waals surface area contributed by atoms with Crippen LogP contribution in [0.1, 0.15) is 50.0 Å². The first-order chi connectivity index (χ1) is 7.92. The van der Waals surface area contributed by atoms with Crippen LogP contribution in [0, 0.1) is 0 Å². The fraction of sp³-hybridized carbons (Fsp3) is 0.643. The summed E-state index contributed by atoms with van der Waals surface area (Å²) in [4.78, 5) is 4.22. The first kappa shape index (κ1) is 10.3. The van der Waals surface area contributed by atoms with Gasteiger partial charge in [0.25, 0.3) is 0 Å².